The standard InChI is InChI=1S/C31H35N5O3/c1-19(21-4-2-5-21)34-14-12-23(13-15-34)35-18-20(17-32-35)16-22-8-9-26-29-24(22)6-3-7-25(29)31(39)36(26)27-10-11-28(37)33-30(27)38/h3,6-9,17-19,21,23,27H,2,4-5,10-16H2,1H3,(H,33,37,38). The van der Waals surface area contributed by atoms with Crippen molar-refractivity contribution >= 4 is 34.2 Å². The molecule has 202 valence electrons. The predicted molar refractivity (Wildman–Crippen MR) is 149 cm³/mol. The molecule has 3 fully saturated rings. The average molecular weight is 526 g/mol. The van der Waals surface area contributed by atoms with E-state index in [0.717, 1.165) is 65.9 Å². The van der Waals surface area contributed by atoms with Gasteiger partial charge >= 0.3 is 0 Å². The van der Waals surface area contributed by atoms with Gasteiger partial charge in [0.05, 0.1) is 17.9 Å². The Kier molecular flexibility index (Phi) is 6.03. The lowest BCUT2D eigenvalue weighted by molar-refractivity contribution is -0.134. The number of carbonyl (C=O) groups excluding carboxylic acids is 3. The number of piperidine rings is 2. The van der Waals surface area contributed by atoms with Crippen LogP contribution in [0.3, 0.4) is 0 Å². The Morgan fingerprint density at radius 3 is 2.59 bits per heavy atom. The number of amides is 3. The molecule has 4 heterocycles. The van der Waals surface area contributed by atoms with Gasteiger partial charge in [0.2, 0.25) is 11.8 Å². The van der Waals surface area contributed by atoms with Crippen LogP contribution in [0.25, 0.3) is 10.8 Å². The number of aromatic nitrogens is 2. The van der Waals surface area contributed by atoms with Crippen LogP contribution in [0.15, 0.2) is 42.7 Å². The lowest BCUT2D eigenvalue weighted by Gasteiger charge is -2.42. The quantitative estimate of drug-likeness (QED) is 0.487. The molecular weight excluding hydrogens is 490 g/mol. The molecule has 3 aliphatic heterocycles. The Morgan fingerprint density at radius 2 is 1.85 bits per heavy atom. The van der Waals surface area contributed by atoms with E-state index in [4.69, 9.17) is 5.10 Å². The summed E-state index contributed by atoms with van der Waals surface area (Å²) < 4.78 is 2.16. The van der Waals surface area contributed by atoms with Gasteiger partial charge in [-0.15, -0.1) is 0 Å². The lowest BCUT2D eigenvalue weighted by atomic mass is 9.79. The summed E-state index contributed by atoms with van der Waals surface area (Å²) >= 11 is 0. The van der Waals surface area contributed by atoms with Crippen LogP contribution in [0.2, 0.25) is 0 Å². The largest absolute Gasteiger partial charge is 0.300 e. The van der Waals surface area contributed by atoms with E-state index < -0.39 is 11.9 Å². The van der Waals surface area contributed by atoms with Crippen molar-refractivity contribution in [2.45, 2.75) is 76.4 Å². The molecule has 39 heavy (non-hydrogen) atoms. The van der Waals surface area contributed by atoms with Crippen LogP contribution >= 0.6 is 0 Å². The Morgan fingerprint density at radius 1 is 1.03 bits per heavy atom. The minimum Gasteiger partial charge on any atom is -0.300 e. The maximum absolute atomic E-state index is 13.4. The SMILES string of the molecule is CC(C1CCC1)N1CCC(n2cc(Cc3ccc4c5c(cccc35)C(=O)N4C3CCC(=O)NC3=O)cn2)CC1. The van der Waals surface area contributed by atoms with Crippen LogP contribution in [-0.4, -0.2) is 57.6 Å². The van der Waals surface area contributed by atoms with Crippen LogP contribution in [0.5, 0.6) is 0 Å². The third kappa shape index (κ3) is 4.16. The van der Waals surface area contributed by atoms with Crippen LogP contribution in [-0.2, 0) is 16.0 Å². The van der Waals surface area contributed by atoms with Crippen molar-refractivity contribution in [3.63, 3.8) is 0 Å². The highest BCUT2D eigenvalue weighted by Crippen LogP contribution is 2.41. The minimum absolute atomic E-state index is 0.173. The zero-order valence-electron chi connectivity index (χ0n) is 22.4. The van der Waals surface area contributed by atoms with Crippen molar-refractivity contribution in [3.8, 4) is 0 Å². The van der Waals surface area contributed by atoms with Gasteiger partial charge in [0.25, 0.3) is 5.91 Å². The number of nitrogens with one attached hydrogen (secondary N) is 1. The summed E-state index contributed by atoms with van der Waals surface area (Å²) in [7, 11) is 0. The third-order valence-electron chi connectivity index (χ3n) is 9.67. The second-order valence-electron chi connectivity index (χ2n) is 11.8. The van der Waals surface area contributed by atoms with E-state index in [1.807, 2.05) is 24.4 Å². The molecule has 3 amide bonds. The van der Waals surface area contributed by atoms with Gasteiger partial charge in [-0.25, -0.2) is 0 Å². The molecular formula is C31H35N5O3. The monoisotopic (exact) mass is 525 g/mol. The molecule has 1 aromatic heterocycles. The molecule has 8 heteroatoms. The van der Waals surface area contributed by atoms with Gasteiger partial charge in [-0.1, -0.05) is 24.6 Å². The number of benzene rings is 2. The molecule has 1 aliphatic carbocycles. The van der Waals surface area contributed by atoms with Crippen molar-refractivity contribution in [3.05, 3.63) is 59.4 Å². The van der Waals surface area contributed by atoms with Gasteiger partial charge in [-0.2, -0.15) is 5.10 Å². The molecule has 0 radical (unpaired) electrons. The highest BCUT2D eigenvalue weighted by molar-refractivity contribution is 6.27. The van der Waals surface area contributed by atoms with E-state index in [9.17, 15) is 14.4 Å². The molecule has 1 saturated carbocycles. The fraction of sp³-hybridized carbons (Fsp3) is 0.484. The normalized spacial score (nSPS) is 23.4. The number of nitrogens with zero attached hydrogens (tertiary/aromatic N) is 4. The molecule has 8 nitrogen and oxygen atoms in total. The fourth-order valence-electron chi connectivity index (χ4n) is 7.12. The molecule has 3 aromatic rings. The third-order valence-corrected chi connectivity index (χ3v) is 9.67. The van der Waals surface area contributed by atoms with E-state index in [1.54, 1.807) is 4.90 Å². The number of anilines is 1. The average Bonchev–Trinajstić information content (AvgIpc) is 3.48. The molecule has 1 N–H and O–H groups in total. The number of hydrogen-bond donors (Lipinski definition) is 1. The van der Waals surface area contributed by atoms with Gasteiger partial charge in [-0.05, 0) is 73.6 Å². The highest BCUT2D eigenvalue weighted by Gasteiger charge is 2.41. The smallest absolute Gasteiger partial charge is 0.259 e. The maximum Gasteiger partial charge on any atom is 0.259 e. The van der Waals surface area contributed by atoms with Gasteiger partial charge in [0.15, 0.2) is 0 Å². The topological polar surface area (TPSA) is 87.5 Å². The van der Waals surface area contributed by atoms with Crippen LogP contribution in [0.4, 0.5) is 5.69 Å². The summed E-state index contributed by atoms with van der Waals surface area (Å²) in [5.74, 6) is 0.0330. The Bertz CT molecular complexity index is 1470. The van der Waals surface area contributed by atoms with E-state index in [2.05, 4.69) is 40.2 Å². The molecule has 2 atom stereocenters. The van der Waals surface area contributed by atoms with E-state index in [1.165, 1.54) is 19.3 Å². The molecule has 7 rings (SSSR count). The van der Waals surface area contributed by atoms with Crippen molar-refractivity contribution in [2.75, 3.05) is 18.0 Å². The highest BCUT2D eigenvalue weighted by atomic mass is 16.2. The van der Waals surface area contributed by atoms with Crippen molar-refractivity contribution in [2.24, 2.45) is 5.92 Å². The number of carbonyl (C=O) groups is 3. The summed E-state index contributed by atoms with van der Waals surface area (Å²) in [6.45, 7) is 4.69. The second-order valence-corrected chi connectivity index (χ2v) is 11.8. The van der Waals surface area contributed by atoms with Crippen molar-refractivity contribution in [1.29, 1.82) is 0 Å². The molecule has 2 saturated heterocycles. The Hall–Kier alpha value is -3.52. The fourth-order valence-corrected chi connectivity index (χ4v) is 7.12. The second kappa shape index (κ2) is 9.59. The molecule has 2 unspecified atom stereocenters. The minimum atomic E-state index is -0.669. The first-order valence-corrected chi connectivity index (χ1v) is 14.5. The van der Waals surface area contributed by atoms with Crippen molar-refractivity contribution in [1.82, 2.24) is 20.0 Å². The molecule has 4 aliphatic rings. The summed E-state index contributed by atoms with van der Waals surface area (Å²) in [4.78, 5) is 42.0. The van der Waals surface area contributed by atoms with E-state index >= 15 is 0 Å². The first kappa shape index (κ1) is 24.5. The van der Waals surface area contributed by atoms with Gasteiger partial charge in [0, 0.05) is 49.1 Å². The Balaban J connectivity index is 1.09. The summed E-state index contributed by atoms with van der Waals surface area (Å²) in [6, 6.07) is 10.3. The van der Waals surface area contributed by atoms with E-state index in [0.29, 0.717) is 24.1 Å². The summed E-state index contributed by atoms with van der Waals surface area (Å²) in [5.41, 5.74) is 3.67. The van der Waals surface area contributed by atoms with Gasteiger partial charge in [-0.3, -0.25) is 29.3 Å². The molecule has 0 bridgehead atoms. The number of hydrogen-bond acceptors (Lipinski definition) is 5. The Labute approximate surface area is 228 Å². The number of rotatable bonds is 6. The van der Waals surface area contributed by atoms with Crippen molar-refractivity contribution < 1.29 is 14.4 Å². The van der Waals surface area contributed by atoms with Crippen LogP contribution < -0.4 is 10.2 Å². The van der Waals surface area contributed by atoms with Crippen LogP contribution in [0, 0.1) is 5.92 Å². The molecule has 0 spiro atoms. The van der Waals surface area contributed by atoms with Gasteiger partial charge in [0.1, 0.15) is 6.04 Å². The first-order valence-electron chi connectivity index (χ1n) is 14.5. The summed E-state index contributed by atoms with van der Waals surface area (Å²) in [6.07, 6.45) is 11.9. The first-order chi connectivity index (χ1) is 19.0. The lowest BCUT2D eigenvalue weighted by Crippen LogP contribution is -2.53. The van der Waals surface area contributed by atoms with Gasteiger partial charge < -0.3 is 4.90 Å². The number of imide groups is 1. The predicted octanol–water partition coefficient (Wildman–Crippen LogP) is 4.22. The number of likely N-dealkylation sites (tertiary alicyclic amines) is 1. The maximum atomic E-state index is 13.4. The van der Waals surface area contributed by atoms with Crippen LogP contribution in [0.1, 0.15) is 79.4 Å². The summed E-state index contributed by atoms with van der Waals surface area (Å²) in [5, 5.41) is 9.07. The zero-order chi connectivity index (χ0) is 26.7. The molecule has 2 aromatic carbocycles. The zero-order valence-corrected chi connectivity index (χ0v) is 22.4. The van der Waals surface area contributed by atoms with E-state index in [-0.39, 0.29) is 18.2 Å².